The third-order valence-corrected chi connectivity index (χ3v) is 6.93. The summed E-state index contributed by atoms with van der Waals surface area (Å²) >= 11 is 0. The molecule has 0 heterocycles. The summed E-state index contributed by atoms with van der Waals surface area (Å²) in [6.45, 7) is 2.18. The quantitative estimate of drug-likeness (QED) is 0.789. The van der Waals surface area contributed by atoms with Crippen molar-refractivity contribution in [3.05, 3.63) is 65.2 Å². The third-order valence-electron chi connectivity index (χ3n) is 6.93. The van der Waals surface area contributed by atoms with Crippen LogP contribution in [0.2, 0.25) is 0 Å². The first-order chi connectivity index (χ1) is 12.5. The van der Waals surface area contributed by atoms with Crippen LogP contribution in [-0.2, 0) is 18.3 Å². The van der Waals surface area contributed by atoms with Crippen molar-refractivity contribution < 1.29 is 15.3 Å². The topological polar surface area (TPSA) is 60.7 Å². The summed E-state index contributed by atoms with van der Waals surface area (Å²) in [5.41, 5.74) is 2.35. The maximum absolute atomic E-state index is 11.3. The van der Waals surface area contributed by atoms with Gasteiger partial charge in [0.05, 0.1) is 11.7 Å². The predicted molar refractivity (Wildman–Crippen MR) is 102 cm³/mol. The molecule has 26 heavy (non-hydrogen) atoms. The normalized spacial score (nSPS) is 33.3. The van der Waals surface area contributed by atoms with Crippen molar-refractivity contribution in [2.45, 2.75) is 62.6 Å². The van der Waals surface area contributed by atoms with Crippen molar-refractivity contribution in [3.8, 4) is 5.75 Å². The molecule has 138 valence electrons. The largest absolute Gasteiger partial charge is 0.508 e. The fourth-order valence-electron chi connectivity index (χ4n) is 5.53. The molecule has 3 nitrogen and oxygen atoms in total. The van der Waals surface area contributed by atoms with Crippen molar-refractivity contribution >= 4 is 0 Å². The van der Waals surface area contributed by atoms with Crippen LogP contribution in [0.3, 0.4) is 0 Å². The van der Waals surface area contributed by atoms with Crippen molar-refractivity contribution in [1.82, 2.24) is 0 Å². The zero-order valence-corrected chi connectivity index (χ0v) is 15.4. The first-order valence-corrected chi connectivity index (χ1v) is 9.73. The van der Waals surface area contributed by atoms with E-state index in [0.29, 0.717) is 30.9 Å². The molecule has 0 saturated heterocycles. The molecule has 0 bridgehead atoms. The highest BCUT2D eigenvalue weighted by molar-refractivity contribution is 5.43. The minimum absolute atomic E-state index is 0.108. The molecule has 4 rings (SSSR count). The number of aromatic hydroxyl groups is 1. The number of hydrogen-bond donors (Lipinski definition) is 3. The number of aliphatic hydroxyl groups excluding tert-OH is 1. The van der Waals surface area contributed by atoms with E-state index in [1.165, 1.54) is 11.1 Å². The highest BCUT2D eigenvalue weighted by atomic mass is 16.3. The van der Waals surface area contributed by atoms with Gasteiger partial charge in [-0.3, -0.25) is 0 Å². The van der Waals surface area contributed by atoms with E-state index < -0.39 is 11.7 Å². The molecule has 2 aliphatic rings. The molecule has 0 amide bonds. The first kappa shape index (κ1) is 17.6. The van der Waals surface area contributed by atoms with Crippen molar-refractivity contribution in [3.63, 3.8) is 0 Å². The lowest BCUT2D eigenvalue weighted by Crippen LogP contribution is -2.58. The van der Waals surface area contributed by atoms with Crippen LogP contribution in [0.5, 0.6) is 5.75 Å². The van der Waals surface area contributed by atoms with Gasteiger partial charge in [-0.15, -0.1) is 0 Å². The van der Waals surface area contributed by atoms with Crippen molar-refractivity contribution in [2.24, 2.45) is 5.92 Å². The molecule has 3 N–H and O–H groups in total. The molecular formula is C23H28O3. The number of fused-ring (bicyclic) bond motifs is 3. The number of phenols is 1. The fraction of sp³-hybridized carbons (Fsp3) is 0.478. The van der Waals surface area contributed by atoms with E-state index in [1.54, 1.807) is 6.07 Å². The molecule has 2 aromatic rings. The molecule has 0 aliphatic heterocycles. The lowest BCUT2D eigenvalue weighted by atomic mass is 9.52. The molecule has 4 atom stereocenters. The van der Waals surface area contributed by atoms with E-state index in [9.17, 15) is 15.3 Å². The Balaban J connectivity index is 1.68. The van der Waals surface area contributed by atoms with E-state index in [2.05, 4.69) is 6.92 Å². The average molecular weight is 352 g/mol. The minimum Gasteiger partial charge on any atom is -0.508 e. The molecule has 0 radical (unpaired) electrons. The lowest BCUT2D eigenvalue weighted by molar-refractivity contribution is -0.139. The van der Waals surface area contributed by atoms with Gasteiger partial charge in [0, 0.05) is 11.8 Å². The maximum atomic E-state index is 11.3. The zero-order chi connectivity index (χ0) is 18.4. The molecule has 2 aliphatic carbocycles. The summed E-state index contributed by atoms with van der Waals surface area (Å²) in [6, 6.07) is 15.6. The van der Waals surface area contributed by atoms with E-state index in [-0.39, 0.29) is 5.41 Å². The van der Waals surface area contributed by atoms with Gasteiger partial charge in [0.2, 0.25) is 0 Å². The highest BCUT2D eigenvalue weighted by Crippen LogP contribution is 2.55. The highest BCUT2D eigenvalue weighted by Gasteiger charge is 2.54. The molecule has 0 spiro atoms. The van der Waals surface area contributed by atoms with Crippen molar-refractivity contribution in [1.29, 1.82) is 0 Å². The Hall–Kier alpha value is -1.84. The summed E-state index contributed by atoms with van der Waals surface area (Å²) in [5, 5.41) is 32.2. The second-order valence-electron chi connectivity index (χ2n) is 8.28. The summed E-state index contributed by atoms with van der Waals surface area (Å²) in [4.78, 5) is 0. The third kappa shape index (κ3) is 2.74. The van der Waals surface area contributed by atoms with Gasteiger partial charge >= 0.3 is 0 Å². The van der Waals surface area contributed by atoms with Crippen molar-refractivity contribution in [2.75, 3.05) is 0 Å². The van der Waals surface area contributed by atoms with Gasteiger partial charge < -0.3 is 15.3 Å². The smallest absolute Gasteiger partial charge is 0.115 e. The fourth-order valence-corrected chi connectivity index (χ4v) is 5.53. The van der Waals surface area contributed by atoms with Crippen LogP contribution in [-0.4, -0.2) is 27.0 Å². The summed E-state index contributed by atoms with van der Waals surface area (Å²) < 4.78 is 0. The van der Waals surface area contributed by atoms with Gasteiger partial charge in [0.1, 0.15) is 5.75 Å². The van der Waals surface area contributed by atoms with Gasteiger partial charge in [-0.1, -0.05) is 43.3 Å². The number of aliphatic hydroxyl groups is 2. The van der Waals surface area contributed by atoms with Crippen LogP contribution in [0.4, 0.5) is 0 Å². The number of benzene rings is 2. The van der Waals surface area contributed by atoms with E-state index in [0.717, 1.165) is 24.8 Å². The molecule has 0 aromatic heterocycles. The first-order valence-electron chi connectivity index (χ1n) is 9.73. The average Bonchev–Trinajstić information content (AvgIpc) is 2.63. The van der Waals surface area contributed by atoms with Crippen LogP contribution in [0, 0.1) is 5.92 Å². The number of phenolic OH excluding ortho intramolecular Hbond substituents is 1. The van der Waals surface area contributed by atoms with Crippen LogP contribution >= 0.6 is 0 Å². The van der Waals surface area contributed by atoms with E-state index in [4.69, 9.17) is 0 Å². The van der Waals surface area contributed by atoms with Crippen LogP contribution < -0.4 is 0 Å². The second-order valence-corrected chi connectivity index (χ2v) is 8.28. The number of hydrogen-bond acceptors (Lipinski definition) is 3. The molecule has 1 saturated carbocycles. The Morgan fingerprint density at radius 3 is 2.58 bits per heavy atom. The van der Waals surface area contributed by atoms with Gasteiger partial charge in [0.15, 0.2) is 0 Å². The summed E-state index contributed by atoms with van der Waals surface area (Å²) in [6.07, 6.45) is 3.80. The van der Waals surface area contributed by atoms with Gasteiger partial charge in [-0.2, -0.15) is 0 Å². The number of rotatable bonds is 3. The molecule has 3 heteroatoms. The monoisotopic (exact) mass is 352 g/mol. The molecule has 2 aromatic carbocycles. The van der Waals surface area contributed by atoms with Gasteiger partial charge in [-0.25, -0.2) is 0 Å². The van der Waals surface area contributed by atoms with E-state index in [1.807, 2.05) is 42.5 Å². The second kappa shape index (κ2) is 6.40. The molecular weight excluding hydrogens is 324 g/mol. The van der Waals surface area contributed by atoms with Gasteiger partial charge in [-0.05, 0) is 66.8 Å². The Bertz CT molecular complexity index is 787. The summed E-state index contributed by atoms with van der Waals surface area (Å²) in [7, 11) is 0. The zero-order valence-electron chi connectivity index (χ0n) is 15.4. The Labute approximate surface area is 155 Å². The van der Waals surface area contributed by atoms with Crippen LogP contribution in [0.1, 0.15) is 49.3 Å². The minimum atomic E-state index is -1.07. The van der Waals surface area contributed by atoms with Crippen LogP contribution in [0.25, 0.3) is 0 Å². The van der Waals surface area contributed by atoms with Gasteiger partial charge in [0.25, 0.3) is 0 Å². The Morgan fingerprint density at radius 1 is 1.08 bits per heavy atom. The standard InChI is InChI=1S/C23H28O3/c1-2-22-15-21(25)23(26,13-16-6-4-3-5-7-16)14-18(22)9-8-17-12-19(24)10-11-20(17)22/h3-7,10-12,18,21,24-26H,2,8-9,13-15H2,1H3. The molecule has 4 unspecified atom stereocenters. The van der Waals surface area contributed by atoms with Crippen LogP contribution in [0.15, 0.2) is 48.5 Å². The summed E-state index contributed by atoms with van der Waals surface area (Å²) in [5.74, 6) is 0.659. The predicted octanol–water partition coefficient (Wildman–Crippen LogP) is 3.73. The Morgan fingerprint density at radius 2 is 1.85 bits per heavy atom. The molecule has 1 fully saturated rings. The van der Waals surface area contributed by atoms with E-state index >= 15 is 0 Å². The SMILES string of the molecule is CCC12CC(O)C(O)(Cc3ccccc3)CC1CCc1cc(O)ccc12. The lowest BCUT2D eigenvalue weighted by Gasteiger charge is -2.55. The maximum Gasteiger partial charge on any atom is 0.115 e. The Kier molecular flexibility index (Phi) is 4.32. The number of aryl methyl sites for hydroxylation is 1.